The number of rotatable bonds is 4. The Balaban J connectivity index is 1.93. The summed E-state index contributed by atoms with van der Waals surface area (Å²) >= 11 is 6.26. The average Bonchev–Trinajstić information content (AvgIpc) is 3.52. The molecule has 0 aliphatic carbocycles. The van der Waals surface area contributed by atoms with E-state index in [1.807, 2.05) is 12.1 Å². The van der Waals surface area contributed by atoms with E-state index >= 15 is 0 Å². The molecule has 32 heavy (non-hydrogen) atoms. The Morgan fingerprint density at radius 3 is 2.25 bits per heavy atom. The minimum Gasteiger partial charge on any atom is -0.464 e. The lowest BCUT2D eigenvalue weighted by Gasteiger charge is -2.07. The standard InChI is InChI=1S/C23H17ClN4O4/c1-31-22(29)19-17(14-10-27-21-12(14)4-3-7-25-21)18(20(28-19)23(30)32-2)15-9-26-16-6-5-11(24)8-13(15)16/h3-10,26,28H,1-2H3,(H,25,27). The molecule has 0 saturated heterocycles. The minimum atomic E-state index is -0.620. The monoisotopic (exact) mass is 448 g/mol. The van der Waals surface area contributed by atoms with E-state index < -0.39 is 11.9 Å². The molecule has 0 aliphatic rings. The van der Waals surface area contributed by atoms with E-state index in [2.05, 4.69) is 19.9 Å². The van der Waals surface area contributed by atoms with Crippen LogP contribution in [-0.2, 0) is 9.47 Å². The highest BCUT2D eigenvalue weighted by Gasteiger charge is 2.31. The smallest absolute Gasteiger partial charge is 0.355 e. The molecule has 0 atom stereocenters. The number of ether oxygens (including phenoxy) is 2. The molecule has 5 rings (SSSR count). The van der Waals surface area contributed by atoms with Gasteiger partial charge in [-0.2, -0.15) is 0 Å². The van der Waals surface area contributed by atoms with Crippen molar-refractivity contribution in [1.82, 2.24) is 19.9 Å². The van der Waals surface area contributed by atoms with E-state index in [9.17, 15) is 9.59 Å². The summed E-state index contributed by atoms with van der Waals surface area (Å²) in [6.45, 7) is 0. The molecule has 3 N–H and O–H groups in total. The molecule has 160 valence electrons. The zero-order valence-corrected chi connectivity index (χ0v) is 17.8. The Labute approximate surface area is 186 Å². The number of pyridine rings is 1. The number of hydrogen-bond donors (Lipinski definition) is 3. The maximum atomic E-state index is 12.8. The zero-order valence-electron chi connectivity index (χ0n) is 17.1. The first kappa shape index (κ1) is 19.9. The summed E-state index contributed by atoms with van der Waals surface area (Å²) in [4.78, 5) is 39.1. The second-order valence-electron chi connectivity index (χ2n) is 7.10. The summed E-state index contributed by atoms with van der Waals surface area (Å²) in [6.07, 6.45) is 5.19. The van der Waals surface area contributed by atoms with Gasteiger partial charge in [-0.15, -0.1) is 0 Å². The number of nitrogens with zero attached hydrogens (tertiary/aromatic N) is 1. The van der Waals surface area contributed by atoms with Crippen LogP contribution in [0.5, 0.6) is 0 Å². The molecule has 0 saturated carbocycles. The highest BCUT2D eigenvalue weighted by molar-refractivity contribution is 6.31. The van der Waals surface area contributed by atoms with Crippen LogP contribution < -0.4 is 0 Å². The lowest BCUT2D eigenvalue weighted by atomic mass is 9.94. The predicted octanol–water partition coefficient (Wildman–Crippen LogP) is 4.93. The molecule has 0 bridgehead atoms. The number of halogens is 1. The van der Waals surface area contributed by atoms with Gasteiger partial charge in [0.1, 0.15) is 17.0 Å². The van der Waals surface area contributed by atoms with E-state index in [1.165, 1.54) is 14.2 Å². The van der Waals surface area contributed by atoms with Crippen molar-refractivity contribution >= 4 is 45.5 Å². The molecule has 0 aliphatic heterocycles. The normalized spacial score (nSPS) is 11.2. The number of esters is 2. The Hall–Kier alpha value is -4.04. The number of H-pyrrole nitrogens is 3. The number of benzene rings is 1. The van der Waals surface area contributed by atoms with Crippen molar-refractivity contribution in [2.75, 3.05) is 14.2 Å². The van der Waals surface area contributed by atoms with Crippen LogP contribution in [0.4, 0.5) is 0 Å². The molecule has 4 aromatic heterocycles. The van der Waals surface area contributed by atoms with Crippen molar-refractivity contribution in [3.8, 4) is 22.3 Å². The first-order valence-electron chi connectivity index (χ1n) is 9.65. The maximum Gasteiger partial charge on any atom is 0.355 e. The van der Waals surface area contributed by atoms with E-state index in [0.29, 0.717) is 32.9 Å². The van der Waals surface area contributed by atoms with Gasteiger partial charge in [-0.05, 0) is 30.3 Å². The molecule has 0 fully saturated rings. The van der Waals surface area contributed by atoms with Gasteiger partial charge in [-0.25, -0.2) is 14.6 Å². The van der Waals surface area contributed by atoms with Crippen molar-refractivity contribution in [3.05, 3.63) is 65.3 Å². The second kappa shape index (κ2) is 7.58. The summed E-state index contributed by atoms with van der Waals surface area (Å²) in [5.41, 5.74) is 4.09. The van der Waals surface area contributed by atoms with Gasteiger partial charge in [-0.1, -0.05) is 11.6 Å². The zero-order chi connectivity index (χ0) is 22.4. The number of aromatic amines is 3. The summed E-state index contributed by atoms with van der Waals surface area (Å²) < 4.78 is 10.0. The van der Waals surface area contributed by atoms with Gasteiger partial charge in [0.2, 0.25) is 0 Å². The number of fused-ring (bicyclic) bond motifs is 2. The highest BCUT2D eigenvalue weighted by Crippen LogP contribution is 2.44. The Morgan fingerprint density at radius 2 is 1.56 bits per heavy atom. The number of nitrogens with one attached hydrogen (secondary N) is 3. The first-order chi connectivity index (χ1) is 15.5. The van der Waals surface area contributed by atoms with Crippen molar-refractivity contribution in [3.63, 3.8) is 0 Å². The van der Waals surface area contributed by atoms with Crippen LogP contribution >= 0.6 is 11.6 Å². The van der Waals surface area contributed by atoms with Crippen molar-refractivity contribution in [1.29, 1.82) is 0 Å². The Bertz CT molecular complexity index is 1510. The molecule has 5 aromatic rings. The van der Waals surface area contributed by atoms with E-state index in [4.69, 9.17) is 21.1 Å². The van der Waals surface area contributed by atoms with Gasteiger partial charge >= 0.3 is 11.9 Å². The van der Waals surface area contributed by atoms with Crippen LogP contribution in [-0.4, -0.2) is 46.1 Å². The number of aromatic nitrogens is 4. The van der Waals surface area contributed by atoms with Crippen LogP contribution in [0.2, 0.25) is 5.02 Å². The third kappa shape index (κ3) is 2.96. The molecule has 4 heterocycles. The fraction of sp³-hybridized carbons (Fsp3) is 0.0870. The molecule has 0 spiro atoms. The number of hydrogen-bond acceptors (Lipinski definition) is 5. The van der Waals surface area contributed by atoms with Gasteiger partial charge < -0.3 is 24.4 Å². The largest absolute Gasteiger partial charge is 0.464 e. The Kier molecular flexibility index (Phi) is 4.71. The number of methoxy groups -OCH3 is 2. The van der Waals surface area contributed by atoms with Crippen LogP contribution in [0.15, 0.2) is 48.9 Å². The van der Waals surface area contributed by atoms with Gasteiger partial charge in [0.15, 0.2) is 0 Å². The highest BCUT2D eigenvalue weighted by atomic mass is 35.5. The lowest BCUT2D eigenvalue weighted by molar-refractivity contribution is 0.0591. The second-order valence-corrected chi connectivity index (χ2v) is 7.54. The lowest BCUT2D eigenvalue weighted by Crippen LogP contribution is -2.06. The van der Waals surface area contributed by atoms with Crippen molar-refractivity contribution < 1.29 is 19.1 Å². The summed E-state index contributed by atoms with van der Waals surface area (Å²) in [6, 6.07) is 9.11. The van der Waals surface area contributed by atoms with Gasteiger partial charge in [0, 0.05) is 62.2 Å². The van der Waals surface area contributed by atoms with Gasteiger partial charge in [0.25, 0.3) is 0 Å². The number of carbonyl (C=O) groups is 2. The molecular weight excluding hydrogens is 432 g/mol. The summed E-state index contributed by atoms with van der Waals surface area (Å²) in [5, 5.41) is 2.11. The van der Waals surface area contributed by atoms with Crippen molar-refractivity contribution in [2.24, 2.45) is 0 Å². The van der Waals surface area contributed by atoms with Crippen LogP contribution in [0.1, 0.15) is 21.0 Å². The fourth-order valence-electron chi connectivity index (χ4n) is 4.01. The molecule has 9 heteroatoms. The average molecular weight is 449 g/mol. The fourth-order valence-corrected chi connectivity index (χ4v) is 4.18. The van der Waals surface area contributed by atoms with Crippen molar-refractivity contribution in [2.45, 2.75) is 0 Å². The summed E-state index contributed by atoms with van der Waals surface area (Å²) in [5.74, 6) is -1.24. The van der Waals surface area contributed by atoms with Gasteiger partial charge in [-0.3, -0.25) is 0 Å². The van der Waals surface area contributed by atoms with Crippen LogP contribution in [0.25, 0.3) is 44.2 Å². The van der Waals surface area contributed by atoms with E-state index in [-0.39, 0.29) is 11.4 Å². The first-order valence-corrected chi connectivity index (χ1v) is 10.0. The van der Waals surface area contributed by atoms with E-state index in [1.54, 1.807) is 36.8 Å². The molecule has 0 unspecified atom stereocenters. The maximum absolute atomic E-state index is 12.8. The third-order valence-corrected chi connectivity index (χ3v) is 5.65. The molecule has 8 nitrogen and oxygen atoms in total. The quantitative estimate of drug-likeness (QED) is 0.337. The predicted molar refractivity (Wildman–Crippen MR) is 121 cm³/mol. The molecule has 0 amide bonds. The topological polar surface area (TPSA) is 113 Å². The minimum absolute atomic E-state index is 0.127. The van der Waals surface area contributed by atoms with Crippen LogP contribution in [0, 0.1) is 0 Å². The van der Waals surface area contributed by atoms with E-state index in [0.717, 1.165) is 16.3 Å². The molecule has 0 radical (unpaired) electrons. The third-order valence-electron chi connectivity index (χ3n) is 5.41. The summed E-state index contributed by atoms with van der Waals surface area (Å²) in [7, 11) is 2.57. The van der Waals surface area contributed by atoms with Crippen LogP contribution in [0.3, 0.4) is 0 Å². The molecular formula is C23H17ClN4O4. The van der Waals surface area contributed by atoms with Gasteiger partial charge in [0.05, 0.1) is 14.2 Å². The SMILES string of the molecule is COC(=O)c1[nH]c(C(=O)OC)c(-c2c[nH]c3ncccc23)c1-c1c[nH]c2ccc(Cl)cc12. The number of carbonyl (C=O) groups excluding carboxylic acids is 2. The molecule has 1 aromatic carbocycles. The Morgan fingerprint density at radius 1 is 0.906 bits per heavy atom.